The molecule has 1 heterocycles. The molecule has 0 aliphatic carbocycles. The number of nitro benzene ring substituents is 1. The van der Waals surface area contributed by atoms with Crippen molar-refractivity contribution in [2.24, 2.45) is 0 Å². The number of hydrogen-bond acceptors (Lipinski definition) is 5. The van der Waals surface area contributed by atoms with Gasteiger partial charge in [-0.2, -0.15) is 5.10 Å². The molecular formula is C16H19N5O4. The minimum Gasteiger partial charge on any atom is -0.356 e. The van der Waals surface area contributed by atoms with Crippen LogP contribution < -0.4 is 5.32 Å². The van der Waals surface area contributed by atoms with Gasteiger partial charge < -0.3 is 10.2 Å². The first-order valence-corrected chi connectivity index (χ1v) is 7.69. The van der Waals surface area contributed by atoms with Crippen LogP contribution in [0.25, 0.3) is 5.69 Å². The van der Waals surface area contributed by atoms with Crippen molar-refractivity contribution in [3.8, 4) is 5.69 Å². The molecular weight excluding hydrogens is 326 g/mol. The minimum absolute atomic E-state index is 0.0454. The predicted octanol–water partition coefficient (Wildman–Crippen LogP) is 1.38. The standard InChI is InChI=1S/C16H19N5O4/c1-12(22)17-8-4-9-19(2)16(23)15-7-10-20(18-15)13-5-3-6-14(11-13)21(24)25/h3,5-7,10-11H,4,8-9H2,1-2H3,(H,17,22). The summed E-state index contributed by atoms with van der Waals surface area (Å²) >= 11 is 0. The topological polar surface area (TPSA) is 110 Å². The number of amides is 2. The lowest BCUT2D eigenvalue weighted by Crippen LogP contribution is -2.31. The zero-order chi connectivity index (χ0) is 18.4. The molecule has 1 N–H and O–H groups in total. The van der Waals surface area contributed by atoms with Crippen LogP contribution in [0.2, 0.25) is 0 Å². The fourth-order valence-electron chi connectivity index (χ4n) is 2.21. The summed E-state index contributed by atoms with van der Waals surface area (Å²) in [5.41, 5.74) is 0.700. The van der Waals surface area contributed by atoms with Gasteiger partial charge in [-0.15, -0.1) is 0 Å². The van der Waals surface area contributed by atoms with Gasteiger partial charge in [0.15, 0.2) is 5.69 Å². The molecule has 0 spiro atoms. The van der Waals surface area contributed by atoms with Gasteiger partial charge in [0.25, 0.3) is 11.6 Å². The summed E-state index contributed by atoms with van der Waals surface area (Å²) in [6.45, 7) is 2.41. The molecule has 132 valence electrons. The third kappa shape index (κ3) is 4.87. The Morgan fingerprint density at radius 3 is 2.80 bits per heavy atom. The van der Waals surface area contributed by atoms with Crippen LogP contribution in [0.5, 0.6) is 0 Å². The summed E-state index contributed by atoms with van der Waals surface area (Å²) in [4.78, 5) is 35.0. The van der Waals surface area contributed by atoms with Crippen LogP contribution in [0.3, 0.4) is 0 Å². The second-order valence-corrected chi connectivity index (χ2v) is 5.49. The molecule has 2 amide bonds. The van der Waals surface area contributed by atoms with Crippen molar-refractivity contribution >= 4 is 17.5 Å². The lowest BCUT2D eigenvalue weighted by Gasteiger charge is -2.15. The maximum atomic E-state index is 12.3. The van der Waals surface area contributed by atoms with E-state index in [0.29, 0.717) is 25.2 Å². The SMILES string of the molecule is CC(=O)NCCCN(C)C(=O)c1ccn(-c2cccc([N+](=O)[O-])c2)n1. The van der Waals surface area contributed by atoms with Crippen LogP contribution in [0, 0.1) is 10.1 Å². The molecule has 0 radical (unpaired) electrons. The number of benzene rings is 1. The van der Waals surface area contributed by atoms with Gasteiger partial charge in [-0.1, -0.05) is 6.07 Å². The molecule has 0 unspecified atom stereocenters. The van der Waals surface area contributed by atoms with E-state index >= 15 is 0 Å². The number of non-ortho nitro benzene ring substituents is 1. The first-order valence-electron chi connectivity index (χ1n) is 7.69. The number of rotatable bonds is 7. The Morgan fingerprint density at radius 1 is 1.36 bits per heavy atom. The van der Waals surface area contributed by atoms with E-state index in [0.717, 1.165) is 0 Å². The molecule has 9 heteroatoms. The van der Waals surface area contributed by atoms with Crippen LogP contribution in [-0.4, -0.2) is 51.6 Å². The molecule has 9 nitrogen and oxygen atoms in total. The number of carbonyl (C=O) groups excluding carboxylic acids is 2. The number of nitrogens with one attached hydrogen (secondary N) is 1. The second-order valence-electron chi connectivity index (χ2n) is 5.49. The van der Waals surface area contributed by atoms with Crippen molar-refractivity contribution in [3.63, 3.8) is 0 Å². The molecule has 1 aromatic carbocycles. The molecule has 0 aliphatic heterocycles. The Kier molecular flexibility index (Phi) is 5.83. The summed E-state index contributed by atoms with van der Waals surface area (Å²) < 4.78 is 1.42. The number of nitrogens with zero attached hydrogens (tertiary/aromatic N) is 4. The molecule has 0 saturated carbocycles. The van der Waals surface area contributed by atoms with Gasteiger partial charge in [0.05, 0.1) is 10.6 Å². The Bertz CT molecular complexity index is 786. The lowest BCUT2D eigenvalue weighted by atomic mass is 10.3. The highest BCUT2D eigenvalue weighted by Crippen LogP contribution is 2.16. The van der Waals surface area contributed by atoms with Gasteiger partial charge in [0.1, 0.15) is 0 Å². The molecule has 0 aliphatic rings. The number of nitro groups is 1. The van der Waals surface area contributed by atoms with Crippen molar-refractivity contribution in [2.75, 3.05) is 20.1 Å². The van der Waals surface area contributed by atoms with E-state index in [2.05, 4.69) is 10.4 Å². The Labute approximate surface area is 144 Å². The van der Waals surface area contributed by atoms with Crippen LogP contribution in [0.4, 0.5) is 5.69 Å². The largest absolute Gasteiger partial charge is 0.356 e. The molecule has 0 atom stereocenters. The number of aromatic nitrogens is 2. The Morgan fingerprint density at radius 2 is 2.12 bits per heavy atom. The average Bonchev–Trinajstić information content (AvgIpc) is 3.07. The molecule has 25 heavy (non-hydrogen) atoms. The summed E-state index contributed by atoms with van der Waals surface area (Å²) in [7, 11) is 1.66. The van der Waals surface area contributed by atoms with Crippen LogP contribution >= 0.6 is 0 Å². The van der Waals surface area contributed by atoms with Crippen LogP contribution in [0.1, 0.15) is 23.8 Å². The predicted molar refractivity (Wildman–Crippen MR) is 90.5 cm³/mol. The maximum absolute atomic E-state index is 12.3. The van der Waals surface area contributed by atoms with Crippen molar-refractivity contribution in [2.45, 2.75) is 13.3 Å². The monoisotopic (exact) mass is 345 g/mol. The quantitative estimate of drug-likeness (QED) is 0.463. The summed E-state index contributed by atoms with van der Waals surface area (Å²) in [5.74, 6) is -0.364. The van der Waals surface area contributed by atoms with Crippen LogP contribution in [-0.2, 0) is 4.79 Å². The van der Waals surface area contributed by atoms with Gasteiger partial charge in [-0.3, -0.25) is 19.7 Å². The van der Waals surface area contributed by atoms with Gasteiger partial charge in [-0.05, 0) is 18.6 Å². The molecule has 0 bridgehead atoms. The highest BCUT2D eigenvalue weighted by molar-refractivity contribution is 5.92. The maximum Gasteiger partial charge on any atom is 0.274 e. The van der Waals surface area contributed by atoms with Gasteiger partial charge in [-0.25, -0.2) is 4.68 Å². The first-order chi connectivity index (χ1) is 11.9. The zero-order valence-electron chi connectivity index (χ0n) is 14.0. The van der Waals surface area contributed by atoms with E-state index in [4.69, 9.17) is 0 Å². The molecule has 0 saturated heterocycles. The smallest absolute Gasteiger partial charge is 0.274 e. The van der Waals surface area contributed by atoms with Gasteiger partial charge in [0.2, 0.25) is 5.91 Å². The second kappa shape index (κ2) is 8.04. The van der Waals surface area contributed by atoms with Crippen molar-refractivity contribution in [1.82, 2.24) is 20.0 Å². The fraction of sp³-hybridized carbons (Fsp3) is 0.312. The van der Waals surface area contributed by atoms with Crippen LogP contribution in [0.15, 0.2) is 36.5 Å². The van der Waals surface area contributed by atoms with E-state index in [1.54, 1.807) is 31.4 Å². The fourth-order valence-corrected chi connectivity index (χ4v) is 2.21. The third-order valence-electron chi connectivity index (χ3n) is 3.50. The van der Waals surface area contributed by atoms with E-state index in [-0.39, 0.29) is 23.2 Å². The number of hydrogen-bond donors (Lipinski definition) is 1. The third-order valence-corrected chi connectivity index (χ3v) is 3.50. The van der Waals surface area contributed by atoms with E-state index in [1.165, 1.54) is 28.6 Å². The zero-order valence-corrected chi connectivity index (χ0v) is 14.0. The van der Waals surface area contributed by atoms with Crippen molar-refractivity contribution in [3.05, 3.63) is 52.3 Å². The molecule has 0 fully saturated rings. The van der Waals surface area contributed by atoms with E-state index in [1.807, 2.05) is 0 Å². The molecule has 2 aromatic rings. The highest BCUT2D eigenvalue weighted by Gasteiger charge is 2.15. The van der Waals surface area contributed by atoms with Gasteiger partial charge >= 0.3 is 0 Å². The van der Waals surface area contributed by atoms with Gasteiger partial charge in [0, 0.05) is 45.4 Å². The molecule has 1 aromatic heterocycles. The van der Waals surface area contributed by atoms with E-state index in [9.17, 15) is 19.7 Å². The van der Waals surface area contributed by atoms with Crippen molar-refractivity contribution < 1.29 is 14.5 Å². The lowest BCUT2D eigenvalue weighted by molar-refractivity contribution is -0.384. The summed E-state index contributed by atoms with van der Waals surface area (Å²) in [5, 5.41) is 17.7. The molecule has 2 rings (SSSR count). The van der Waals surface area contributed by atoms with Crippen molar-refractivity contribution in [1.29, 1.82) is 0 Å². The Balaban J connectivity index is 2.02. The summed E-state index contributed by atoms with van der Waals surface area (Å²) in [6, 6.07) is 7.57. The highest BCUT2D eigenvalue weighted by atomic mass is 16.6. The van der Waals surface area contributed by atoms with E-state index < -0.39 is 4.92 Å². The summed E-state index contributed by atoms with van der Waals surface area (Å²) in [6.07, 6.45) is 2.21. The average molecular weight is 345 g/mol. The minimum atomic E-state index is -0.484. The number of carbonyl (C=O) groups is 2. The Hall–Kier alpha value is -3.23. The normalized spacial score (nSPS) is 10.3. The first kappa shape index (κ1) is 18.1.